The Kier molecular flexibility index (Phi) is 6.30. The Balaban J connectivity index is 1.92. The lowest BCUT2D eigenvalue weighted by Crippen LogP contribution is -2.33. The van der Waals surface area contributed by atoms with Crippen molar-refractivity contribution in [3.05, 3.63) is 34.9 Å². The zero-order chi connectivity index (χ0) is 14.4. The van der Waals surface area contributed by atoms with E-state index in [9.17, 15) is 0 Å². The molecular formula is C16H25ClN2O. The number of halogens is 1. The lowest BCUT2D eigenvalue weighted by Gasteiger charge is -2.25. The summed E-state index contributed by atoms with van der Waals surface area (Å²) < 4.78 is 0. The average Bonchev–Trinajstić information content (AvgIpc) is 3.27. The van der Waals surface area contributed by atoms with Crippen molar-refractivity contribution in [3.63, 3.8) is 0 Å². The zero-order valence-electron chi connectivity index (χ0n) is 12.2. The molecule has 1 aromatic carbocycles. The van der Waals surface area contributed by atoms with Crippen LogP contribution >= 0.6 is 11.6 Å². The van der Waals surface area contributed by atoms with Crippen LogP contribution in [0.25, 0.3) is 0 Å². The fourth-order valence-corrected chi connectivity index (χ4v) is 2.79. The number of hydrogen-bond acceptors (Lipinski definition) is 3. The van der Waals surface area contributed by atoms with E-state index >= 15 is 0 Å². The van der Waals surface area contributed by atoms with Crippen molar-refractivity contribution in [1.82, 2.24) is 10.2 Å². The lowest BCUT2D eigenvalue weighted by atomic mass is 10.0. The number of nitrogens with zero attached hydrogens (tertiary/aromatic N) is 1. The maximum atomic E-state index is 9.16. The molecule has 20 heavy (non-hydrogen) atoms. The Morgan fingerprint density at radius 1 is 1.30 bits per heavy atom. The summed E-state index contributed by atoms with van der Waals surface area (Å²) in [4.78, 5) is 2.42. The molecule has 0 aromatic heterocycles. The Morgan fingerprint density at radius 2 is 2.00 bits per heavy atom. The van der Waals surface area contributed by atoms with Crippen LogP contribution in [0.1, 0.15) is 37.8 Å². The van der Waals surface area contributed by atoms with E-state index in [1.54, 1.807) is 0 Å². The van der Waals surface area contributed by atoms with Gasteiger partial charge in [0.15, 0.2) is 0 Å². The quantitative estimate of drug-likeness (QED) is 0.735. The minimum atomic E-state index is 0.253. The minimum absolute atomic E-state index is 0.253. The smallest absolute Gasteiger partial charge is 0.0558 e. The molecule has 1 atom stereocenters. The van der Waals surface area contributed by atoms with E-state index < -0.39 is 0 Å². The summed E-state index contributed by atoms with van der Waals surface area (Å²) in [6.07, 6.45) is 3.63. The topological polar surface area (TPSA) is 35.5 Å². The van der Waals surface area contributed by atoms with Crippen LogP contribution in [0.3, 0.4) is 0 Å². The first-order valence-corrected chi connectivity index (χ1v) is 7.96. The summed E-state index contributed by atoms with van der Waals surface area (Å²) >= 11 is 5.96. The minimum Gasteiger partial charge on any atom is -0.395 e. The van der Waals surface area contributed by atoms with Crippen LogP contribution in [0.15, 0.2) is 24.3 Å². The Bertz CT molecular complexity index is 392. The molecule has 1 aromatic rings. The van der Waals surface area contributed by atoms with Crippen LogP contribution in [-0.4, -0.2) is 42.3 Å². The first kappa shape index (κ1) is 15.8. The molecule has 0 spiro atoms. The van der Waals surface area contributed by atoms with Crippen LogP contribution in [0.5, 0.6) is 0 Å². The van der Waals surface area contributed by atoms with Crippen LogP contribution in [0.2, 0.25) is 5.02 Å². The molecule has 3 nitrogen and oxygen atoms in total. The van der Waals surface area contributed by atoms with E-state index in [4.69, 9.17) is 16.7 Å². The highest BCUT2D eigenvalue weighted by Crippen LogP contribution is 2.28. The standard InChI is InChI=1S/C16H25ClN2O/c1-2-18-16(13-3-5-14(17)6-4-13)9-10-19(11-12-20)15-7-8-15/h3-6,15-16,18,20H,2,7-12H2,1H3. The highest BCUT2D eigenvalue weighted by Gasteiger charge is 2.28. The van der Waals surface area contributed by atoms with Crippen molar-refractivity contribution in [1.29, 1.82) is 0 Å². The van der Waals surface area contributed by atoms with Gasteiger partial charge >= 0.3 is 0 Å². The predicted octanol–water partition coefficient (Wildman–Crippen LogP) is 2.84. The number of aliphatic hydroxyl groups excluding tert-OH is 1. The summed E-state index contributed by atoms with van der Waals surface area (Å²) in [5, 5.41) is 13.5. The van der Waals surface area contributed by atoms with Gasteiger partial charge in [0.2, 0.25) is 0 Å². The summed E-state index contributed by atoms with van der Waals surface area (Å²) in [6, 6.07) is 9.17. The number of benzene rings is 1. The molecule has 1 saturated carbocycles. The van der Waals surface area contributed by atoms with Gasteiger partial charge in [-0.05, 0) is 43.5 Å². The second-order valence-corrected chi connectivity index (χ2v) is 5.88. The molecule has 0 bridgehead atoms. The van der Waals surface area contributed by atoms with Crippen LogP contribution in [-0.2, 0) is 0 Å². The lowest BCUT2D eigenvalue weighted by molar-refractivity contribution is 0.182. The summed E-state index contributed by atoms with van der Waals surface area (Å²) in [5.41, 5.74) is 1.29. The second-order valence-electron chi connectivity index (χ2n) is 5.44. The van der Waals surface area contributed by atoms with Gasteiger partial charge in [-0.15, -0.1) is 0 Å². The van der Waals surface area contributed by atoms with E-state index in [-0.39, 0.29) is 6.61 Å². The van der Waals surface area contributed by atoms with Crippen molar-refractivity contribution in [2.24, 2.45) is 0 Å². The van der Waals surface area contributed by atoms with Crippen molar-refractivity contribution in [3.8, 4) is 0 Å². The summed E-state index contributed by atoms with van der Waals surface area (Å²) in [5.74, 6) is 0. The van der Waals surface area contributed by atoms with Gasteiger partial charge < -0.3 is 10.4 Å². The van der Waals surface area contributed by atoms with E-state index in [0.29, 0.717) is 12.1 Å². The van der Waals surface area contributed by atoms with Gasteiger partial charge in [0.05, 0.1) is 6.61 Å². The van der Waals surface area contributed by atoms with Crippen molar-refractivity contribution in [2.45, 2.75) is 38.3 Å². The molecule has 2 rings (SSSR count). The molecular weight excluding hydrogens is 272 g/mol. The van der Waals surface area contributed by atoms with Gasteiger partial charge in [0.1, 0.15) is 0 Å². The van der Waals surface area contributed by atoms with E-state index in [2.05, 4.69) is 29.3 Å². The second kappa shape index (κ2) is 7.99. The van der Waals surface area contributed by atoms with Gasteiger partial charge in [-0.2, -0.15) is 0 Å². The average molecular weight is 297 g/mol. The number of nitrogens with one attached hydrogen (secondary N) is 1. The predicted molar refractivity (Wildman–Crippen MR) is 84.2 cm³/mol. The molecule has 1 aliphatic rings. The Hall–Kier alpha value is -0.610. The normalized spacial score (nSPS) is 16.6. The molecule has 0 heterocycles. The number of aliphatic hydroxyl groups is 1. The molecule has 1 unspecified atom stereocenters. The Labute approximate surface area is 126 Å². The van der Waals surface area contributed by atoms with Gasteiger partial charge in [0.25, 0.3) is 0 Å². The van der Waals surface area contributed by atoms with Crippen LogP contribution in [0, 0.1) is 0 Å². The third kappa shape index (κ3) is 4.74. The van der Waals surface area contributed by atoms with Crippen LogP contribution < -0.4 is 5.32 Å². The number of hydrogen-bond donors (Lipinski definition) is 2. The molecule has 4 heteroatoms. The highest BCUT2D eigenvalue weighted by atomic mass is 35.5. The maximum absolute atomic E-state index is 9.16. The van der Waals surface area contributed by atoms with Gasteiger partial charge in [0, 0.05) is 30.2 Å². The van der Waals surface area contributed by atoms with Crippen molar-refractivity contribution < 1.29 is 5.11 Å². The Morgan fingerprint density at radius 3 is 2.55 bits per heavy atom. The summed E-state index contributed by atoms with van der Waals surface area (Å²) in [6.45, 7) is 5.17. The van der Waals surface area contributed by atoms with Gasteiger partial charge in [-0.1, -0.05) is 30.7 Å². The molecule has 0 aliphatic heterocycles. The summed E-state index contributed by atoms with van der Waals surface area (Å²) in [7, 11) is 0. The maximum Gasteiger partial charge on any atom is 0.0558 e. The molecule has 1 aliphatic carbocycles. The van der Waals surface area contributed by atoms with Crippen LogP contribution in [0.4, 0.5) is 0 Å². The van der Waals surface area contributed by atoms with E-state index in [1.165, 1.54) is 18.4 Å². The fourth-order valence-electron chi connectivity index (χ4n) is 2.67. The van der Waals surface area contributed by atoms with Crippen molar-refractivity contribution >= 4 is 11.6 Å². The molecule has 0 amide bonds. The highest BCUT2D eigenvalue weighted by molar-refractivity contribution is 6.30. The number of rotatable bonds is 9. The third-order valence-electron chi connectivity index (χ3n) is 3.88. The zero-order valence-corrected chi connectivity index (χ0v) is 12.9. The first-order chi connectivity index (χ1) is 9.74. The monoisotopic (exact) mass is 296 g/mol. The molecule has 112 valence electrons. The largest absolute Gasteiger partial charge is 0.395 e. The van der Waals surface area contributed by atoms with E-state index in [1.807, 2.05) is 12.1 Å². The van der Waals surface area contributed by atoms with E-state index in [0.717, 1.165) is 31.1 Å². The van der Waals surface area contributed by atoms with Gasteiger partial charge in [-0.3, -0.25) is 4.90 Å². The molecule has 1 fully saturated rings. The molecule has 0 saturated heterocycles. The fraction of sp³-hybridized carbons (Fsp3) is 0.625. The third-order valence-corrected chi connectivity index (χ3v) is 4.13. The molecule has 0 radical (unpaired) electrons. The first-order valence-electron chi connectivity index (χ1n) is 7.58. The molecule has 2 N–H and O–H groups in total. The SMILES string of the molecule is CCNC(CCN(CCO)C1CC1)c1ccc(Cl)cc1. The van der Waals surface area contributed by atoms with Crippen molar-refractivity contribution in [2.75, 3.05) is 26.2 Å². The van der Waals surface area contributed by atoms with Gasteiger partial charge in [-0.25, -0.2) is 0 Å².